The van der Waals surface area contributed by atoms with Crippen LogP contribution in [0.25, 0.3) is 0 Å². The molecule has 1 aromatic rings. The first kappa shape index (κ1) is 19.9. The van der Waals surface area contributed by atoms with Gasteiger partial charge >= 0.3 is 34.5 Å². The Hall–Kier alpha value is -0.152. The Balaban J connectivity index is 3.41. The maximum absolute atomic E-state index is 10.3. The highest BCUT2D eigenvalue weighted by molar-refractivity contribution is 6.93. The third kappa shape index (κ3) is 6.95. The van der Waals surface area contributed by atoms with Crippen LogP contribution in [-0.4, -0.2) is 48.9 Å². The van der Waals surface area contributed by atoms with Crippen LogP contribution in [0.2, 0.25) is 39.3 Å². The minimum absolute atomic E-state index is 0.619. The molecule has 0 aromatic heterocycles. The summed E-state index contributed by atoms with van der Waals surface area (Å²) in [6.45, 7) is 9.60. The molecule has 0 atom stereocenters. The molecule has 0 aliphatic heterocycles. The van der Waals surface area contributed by atoms with Crippen molar-refractivity contribution in [1.82, 2.24) is 0 Å². The van der Waals surface area contributed by atoms with Gasteiger partial charge in [0.25, 0.3) is 0 Å². The summed E-state index contributed by atoms with van der Waals surface area (Å²) >= 11 is 0. The quantitative estimate of drug-likeness (QED) is 0.613. The van der Waals surface area contributed by atoms with Crippen molar-refractivity contribution < 1.29 is 26.7 Å². The summed E-state index contributed by atoms with van der Waals surface area (Å²) in [5.41, 5.74) is 0. The number of rotatable bonds is 7. The molecule has 1 aromatic carbocycles. The van der Waals surface area contributed by atoms with E-state index in [1.165, 1.54) is 0 Å². The molecule has 0 heterocycles. The van der Waals surface area contributed by atoms with Crippen LogP contribution in [0.15, 0.2) is 30.3 Å². The Kier molecular flexibility index (Phi) is 6.12. The summed E-state index contributed by atoms with van der Waals surface area (Å²) < 4.78 is 17.7. The summed E-state index contributed by atoms with van der Waals surface area (Å²) in [7, 11) is -12.8. The maximum Gasteiger partial charge on any atom is 0.510 e. The monoisotopic (exact) mass is 378 g/mol. The van der Waals surface area contributed by atoms with E-state index in [4.69, 9.17) is 12.3 Å². The van der Waals surface area contributed by atoms with Gasteiger partial charge in [-0.25, -0.2) is 0 Å². The minimum Gasteiger partial charge on any atom is -0.411 e. The molecule has 22 heavy (non-hydrogen) atoms. The Morgan fingerprint density at radius 2 is 0.955 bits per heavy atom. The van der Waals surface area contributed by atoms with Crippen molar-refractivity contribution in [1.29, 1.82) is 0 Å². The first-order chi connectivity index (χ1) is 9.73. The fourth-order valence-corrected chi connectivity index (χ4v) is 13.4. The lowest BCUT2D eigenvalue weighted by molar-refractivity contribution is 0.202. The Morgan fingerprint density at radius 1 is 0.636 bits per heavy atom. The number of benzene rings is 1. The average molecular weight is 379 g/mol. The summed E-state index contributed by atoms with van der Waals surface area (Å²) in [6.07, 6.45) is 0. The summed E-state index contributed by atoms with van der Waals surface area (Å²) in [5.74, 6) is 0. The first-order valence-electron chi connectivity index (χ1n) is 7.06. The second-order valence-corrected chi connectivity index (χ2v) is 19.4. The van der Waals surface area contributed by atoms with Crippen LogP contribution in [0.3, 0.4) is 0 Å². The Morgan fingerprint density at radius 3 is 1.23 bits per heavy atom. The van der Waals surface area contributed by atoms with Crippen LogP contribution in [-0.2, 0) is 12.3 Å². The van der Waals surface area contributed by atoms with Gasteiger partial charge in [-0.3, -0.25) is 0 Å². The van der Waals surface area contributed by atoms with E-state index in [9.17, 15) is 14.4 Å². The van der Waals surface area contributed by atoms with Crippen molar-refractivity contribution in [3.8, 4) is 0 Å². The third-order valence-corrected chi connectivity index (χ3v) is 12.5. The predicted octanol–water partition coefficient (Wildman–Crippen LogP) is 0.965. The molecule has 3 N–H and O–H groups in total. The fraction of sp³-hybridized carbons (Fsp3) is 0.500. The van der Waals surface area contributed by atoms with Gasteiger partial charge < -0.3 is 26.7 Å². The van der Waals surface area contributed by atoms with Gasteiger partial charge in [0.2, 0.25) is 0 Å². The van der Waals surface area contributed by atoms with E-state index in [0.29, 0.717) is 5.19 Å². The van der Waals surface area contributed by atoms with E-state index in [1.54, 1.807) is 63.5 Å². The topological polar surface area (TPSA) is 88.4 Å². The van der Waals surface area contributed by atoms with E-state index in [2.05, 4.69) is 0 Å². The molecule has 0 saturated heterocycles. The smallest absolute Gasteiger partial charge is 0.411 e. The molecule has 1 rings (SSSR count). The summed E-state index contributed by atoms with van der Waals surface area (Å²) in [6, 6.07) is 8.99. The largest absolute Gasteiger partial charge is 0.510 e. The van der Waals surface area contributed by atoms with Crippen LogP contribution in [0.5, 0.6) is 0 Å². The average Bonchev–Trinajstić information content (AvgIpc) is 2.22. The molecule has 0 bridgehead atoms. The zero-order valence-corrected chi connectivity index (χ0v) is 18.0. The molecule has 126 valence electrons. The van der Waals surface area contributed by atoms with Crippen LogP contribution in [0.4, 0.5) is 0 Å². The number of hydrogen-bond acceptors (Lipinski definition) is 6. The van der Waals surface area contributed by atoms with Crippen molar-refractivity contribution in [2.75, 3.05) is 0 Å². The lowest BCUT2D eigenvalue weighted by Gasteiger charge is -2.40. The summed E-state index contributed by atoms with van der Waals surface area (Å²) in [5, 5.41) is 0.619. The normalized spacial score (nSPS) is 14.2. The van der Waals surface area contributed by atoms with E-state index in [-0.39, 0.29) is 0 Å². The van der Waals surface area contributed by atoms with Crippen molar-refractivity contribution in [2.45, 2.75) is 39.3 Å². The summed E-state index contributed by atoms with van der Waals surface area (Å²) in [4.78, 5) is 30.8. The van der Waals surface area contributed by atoms with Crippen molar-refractivity contribution in [3.05, 3.63) is 30.3 Å². The van der Waals surface area contributed by atoms with Crippen LogP contribution < -0.4 is 5.19 Å². The Bertz CT molecular complexity index is 436. The van der Waals surface area contributed by atoms with Crippen LogP contribution in [0.1, 0.15) is 0 Å². The molecule has 0 aliphatic carbocycles. The molecule has 0 unspecified atom stereocenters. The van der Waals surface area contributed by atoms with Crippen molar-refractivity contribution in [2.24, 2.45) is 0 Å². The molecule has 6 nitrogen and oxygen atoms in total. The molecule has 0 radical (unpaired) electrons. The highest BCUT2D eigenvalue weighted by Crippen LogP contribution is 2.23. The van der Waals surface area contributed by atoms with Gasteiger partial charge in [0.15, 0.2) is 0 Å². The molecule has 0 spiro atoms. The zero-order valence-electron chi connectivity index (χ0n) is 14.0. The zero-order chi connectivity index (χ0) is 17.2. The standard InChI is InChI=1S/C12H26O6Si4/c1-19(2,13)16-22(17-20(3,4)14,18-21(5,6)15)12-10-8-7-9-11-12/h7-11,13-15H,1-6H3. The van der Waals surface area contributed by atoms with Gasteiger partial charge in [0.1, 0.15) is 0 Å². The van der Waals surface area contributed by atoms with Crippen LogP contribution >= 0.6 is 0 Å². The molecular weight excluding hydrogens is 352 g/mol. The molecule has 10 heteroatoms. The predicted molar refractivity (Wildman–Crippen MR) is 94.2 cm³/mol. The van der Waals surface area contributed by atoms with Gasteiger partial charge in [0, 0.05) is 5.19 Å². The first-order valence-corrected chi connectivity index (χ1v) is 17.3. The van der Waals surface area contributed by atoms with E-state index < -0.39 is 34.5 Å². The molecule has 0 aliphatic rings. The fourth-order valence-electron chi connectivity index (χ4n) is 1.87. The van der Waals surface area contributed by atoms with Gasteiger partial charge in [-0.15, -0.1) is 0 Å². The molecule has 0 amide bonds. The van der Waals surface area contributed by atoms with E-state index in [0.717, 1.165) is 0 Å². The van der Waals surface area contributed by atoms with Gasteiger partial charge in [-0.05, 0) is 39.3 Å². The second-order valence-electron chi connectivity index (χ2n) is 6.57. The lowest BCUT2D eigenvalue weighted by atomic mass is 10.4. The van der Waals surface area contributed by atoms with Gasteiger partial charge in [-0.1, -0.05) is 30.3 Å². The Labute approximate surface area is 136 Å². The van der Waals surface area contributed by atoms with Crippen LogP contribution in [0, 0.1) is 0 Å². The minimum atomic E-state index is -3.64. The van der Waals surface area contributed by atoms with Gasteiger partial charge in [0.05, 0.1) is 0 Å². The molecular formula is C12H26O6Si4. The highest BCUT2D eigenvalue weighted by Gasteiger charge is 2.54. The van der Waals surface area contributed by atoms with Crippen molar-refractivity contribution >= 4 is 39.7 Å². The van der Waals surface area contributed by atoms with E-state index >= 15 is 0 Å². The molecule has 0 fully saturated rings. The highest BCUT2D eigenvalue weighted by atomic mass is 28.5. The van der Waals surface area contributed by atoms with Gasteiger partial charge in [-0.2, -0.15) is 0 Å². The SMILES string of the molecule is C[Si](C)(O)O[Si](O[Si](C)(C)O)(O[Si](C)(C)O)c1ccccc1. The molecule has 0 saturated carbocycles. The lowest BCUT2D eigenvalue weighted by Crippen LogP contribution is -2.68. The van der Waals surface area contributed by atoms with E-state index in [1.807, 2.05) is 6.07 Å². The van der Waals surface area contributed by atoms with Crippen molar-refractivity contribution in [3.63, 3.8) is 0 Å². The number of hydrogen-bond donors (Lipinski definition) is 3. The second kappa shape index (κ2) is 6.76. The maximum atomic E-state index is 10.3. The third-order valence-electron chi connectivity index (χ3n) is 2.28.